The van der Waals surface area contributed by atoms with Crippen molar-refractivity contribution in [1.29, 1.82) is 0 Å². The number of carbonyl (C=O) groups is 1. The first kappa shape index (κ1) is 9.97. The molecule has 0 aromatic heterocycles. The minimum atomic E-state index is 0.165. The fraction of sp³-hybridized carbons (Fsp3) is 0.909. The van der Waals surface area contributed by atoms with E-state index < -0.39 is 0 Å². The van der Waals surface area contributed by atoms with Crippen molar-refractivity contribution in [3.63, 3.8) is 0 Å². The maximum absolute atomic E-state index is 11.3. The Kier molecular flexibility index (Phi) is 3.06. The quantitative estimate of drug-likeness (QED) is 0.662. The average molecular weight is 196 g/mol. The third-order valence-electron chi connectivity index (χ3n) is 3.26. The smallest absolute Gasteiger partial charge is 0.233 e. The van der Waals surface area contributed by atoms with Gasteiger partial charge in [0.05, 0.1) is 6.54 Å². The van der Waals surface area contributed by atoms with Gasteiger partial charge < -0.3 is 10.6 Å². The van der Waals surface area contributed by atoms with Gasteiger partial charge in [0.25, 0.3) is 0 Å². The van der Waals surface area contributed by atoms with Crippen LogP contribution in [0.25, 0.3) is 0 Å². The second-order valence-corrected chi connectivity index (χ2v) is 4.64. The molecule has 2 fully saturated rings. The number of amides is 1. The number of carbonyl (C=O) groups excluding carboxylic acids is 1. The molecule has 2 N–H and O–H groups in total. The van der Waals surface area contributed by atoms with Crippen LogP contribution in [0.4, 0.5) is 0 Å². The molecular formula is C11H20N2O. The molecule has 3 nitrogen and oxygen atoms in total. The van der Waals surface area contributed by atoms with Crippen molar-refractivity contribution in [2.24, 2.45) is 11.8 Å². The van der Waals surface area contributed by atoms with Crippen LogP contribution in [0.15, 0.2) is 0 Å². The molecule has 2 saturated carbocycles. The standard InChI is InChI=1S/C11H20N2O/c1-2-9-5-10(9)12-7-11(14)13-6-8-3-4-8/h8-10,12H,2-7H2,1H3,(H,13,14). The number of hydrogen-bond acceptors (Lipinski definition) is 2. The van der Waals surface area contributed by atoms with Gasteiger partial charge in [0, 0.05) is 12.6 Å². The molecule has 0 aromatic carbocycles. The number of nitrogens with one attached hydrogen (secondary N) is 2. The molecule has 0 saturated heterocycles. The first-order valence-corrected chi connectivity index (χ1v) is 5.79. The molecule has 2 unspecified atom stereocenters. The predicted molar refractivity (Wildman–Crippen MR) is 55.9 cm³/mol. The predicted octanol–water partition coefficient (Wildman–Crippen LogP) is 0.901. The van der Waals surface area contributed by atoms with E-state index in [1.807, 2.05) is 0 Å². The highest BCUT2D eigenvalue weighted by molar-refractivity contribution is 5.78. The maximum atomic E-state index is 11.3. The number of hydrogen-bond donors (Lipinski definition) is 2. The Morgan fingerprint density at radius 2 is 2.21 bits per heavy atom. The monoisotopic (exact) mass is 196 g/mol. The summed E-state index contributed by atoms with van der Waals surface area (Å²) in [5.74, 6) is 1.77. The Morgan fingerprint density at radius 3 is 2.79 bits per heavy atom. The Morgan fingerprint density at radius 1 is 1.43 bits per heavy atom. The van der Waals surface area contributed by atoms with Gasteiger partial charge in [-0.3, -0.25) is 4.79 Å². The summed E-state index contributed by atoms with van der Waals surface area (Å²) >= 11 is 0. The molecule has 0 aliphatic heterocycles. The molecule has 0 heterocycles. The molecule has 2 rings (SSSR count). The SMILES string of the molecule is CCC1CC1NCC(=O)NCC1CC1. The minimum absolute atomic E-state index is 0.165. The zero-order valence-electron chi connectivity index (χ0n) is 8.88. The van der Waals surface area contributed by atoms with Crippen LogP contribution in [0.2, 0.25) is 0 Å². The van der Waals surface area contributed by atoms with Gasteiger partial charge >= 0.3 is 0 Å². The molecule has 0 spiro atoms. The van der Waals surface area contributed by atoms with Crippen LogP contribution in [0.1, 0.15) is 32.6 Å². The van der Waals surface area contributed by atoms with Crippen molar-refractivity contribution in [3.05, 3.63) is 0 Å². The first-order valence-electron chi connectivity index (χ1n) is 5.79. The summed E-state index contributed by atoms with van der Waals surface area (Å²) in [4.78, 5) is 11.3. The molecule has 2 aliphatic carbocycles. The van der Waals surface area contributed by atoms with Crippen LogP contribution >= 0.6 is 0 Å². The van der Waals surface area contributed by atoms with Gasteiger partial charge in [0.15, 0.2) is 0 Å². The van der Waals surface area contributed by atoms with Crippen molar-refractivity contribution >= 4 is 5.91 Å². The fourth-order valence-corrected chi connectivity index (χ4v) is 1.82. The molecule has 0 aromatic rings. The van der Waals surface area contributed by atoms with Crippen LogP contribution in [0.5, 0.6) is 0 Å². The van der Waals surface area contributed by atoms with Crippen LogP contribution in [-0.4, -0.2) is 25.0 Å². The van der Waals surface area contributed by atoms with Gasteiger partial charge in [-0.2, -0.15) is 0 Å². The minimum Gasteiger partial charge on any atom is -0.355 e. The molecule has 3 heteroatoms. The van der Waals surface area contributed by atoms with Crippen molar-refractivity contribution in [1.82, 2.24) is 10.6 Å². The fourth-order valence-electron chi connectivity index (χ4n) is 1.82. The van der Waals surface area contributed by atoms with Crippen LogP contribution < -0.4 is 10.6 Å². The third-order valence-corrected chi connectivity index (χ3v) is 3.26. The normalized spacial score (nSPS) is 30.1. The van der Waals surface area contributed by atoms with Gasteiger partial charge in [0.1, 0.15) is 0 Å². The summed E-state index contributed by atoms with van der Waals surface area (Å²) in [5.41, 5.74) is 0. The molecule has 14 heavy (non-hydrogen) atoms. The van der Waals surface area contributed by atoms with Gasteiger partial charge in [-0.15, -0.1) is 0 Å². The van der Waals surface area contributed by atoms with Gasteiger partial charge in [-0.25, -0.2) is 0 Å². The van der Waals surface area contributed by atoms with E-state index in [4.69, 9.17) is 0 Å². The van der Waals surface area contributed by atoms with Gasteiger partial charge in [-0.1, -0.05) is 13.3 Å². The lowest BCUT2D eigenvalue weighted by atomic mass is 10.3. The molecule has 0 bridgehead atoms. The van der Waals surface area contributed by atoms with E-state index in [0.29, 0.717) is 12.6 Å². The van der Waals surface area contributed by atoms with E-state index in [1.54, 1.807) is 0 Å². The van der Waals surface area contributed by atoms with Crippen molar-refractivity contribution < 1.29 is 4.79 Å². The summed E-state index contributed by atoms with van der Waals surface area (Å²) in [6, 6.07) is 0.617. The summed E-state index contributed by atoms with van der Waals surface area (Å²) in [6.07, 6.45) is 5.09. The summed E-state index contributed by atoms with van der Waals surface area (Å²) in [6.45, 7) is 3.61. The maximum Gasteiger partial charge on any atom is 0.233 e. The average Bonchev–Trinajstić information content (AvgIpc) is 3.05. The number of rotatable bonds is 6. The summed E-state index contributed by atoms with van der Waals surface area (Å²) in [5, 5.41) is 6.25. The zero-order valence-corrected chi connectivity index (χ0v) is 8.88. The molecule has 2 atom stereocenters. The van der Waals surface area contributed by atoms with Crippen molar-refractivity contribution in [2.45, 2.75) is 38.6 Å². The summed E-state index contributed by atoms with van der Waals surface area (Å²) in [7, 11) is 0. The van der Waals surface area contributed by atoms with Crippen molar-refractivity contribution in [2.75, 3.05) is 13.1 Å². The van der Waals surface area contributed by atoms with E-state index in [-0.39, 0.29) is 5.91 Å². The highest BCUT2D eigenvalue weighted by atomic mass is 16.1. The van der Waals surface area contributed by atoms with E-state index in [9.17, 15) is 4.79 Å². The van der Waals surface area contributed by atoms with Gasteiger partial charge in [-0.05, 0) is 31.1 Å². The van der Waals surface area contributed by atoms with E-state index >= 15 is 0 Å². The third kappa shape index (κ3) is 2.98. The zero-order chi connectivity index (χ0) is 9.97. The molecule has 80 valence electrons. The molecule has 2 aliphatic rings. The van der Waals surface area contributed by atoms with Crippen LogP contribution in [-0.2, 0) is 4.79 Å². The van der Waals surface area contributed by atoms with E-state index in [1.165, 1.54) is 25.7 Å². The Hall–Kier alpha value is -0.570. The molecule has 0 radical (unpaired) electrons. The van der Waals surface area contributed by atoms with Crippen LogP contribution in [0.3, 0.4) is 0 Å². The van der Waals surface area contributed by atoms with Crippen LogP contribution in [0, 0.1) is 11.8 Å². The highest BCUT2D eigenvalue weighted by Crippen LogP contribution is 2.32. The Bertz CT molecular complexity index is 213. The van der Waals surface area contributed by atoms with E-state index in [0.717, 1.165) is 18.4 Å². The van der Waals surface area contributed by atoms with E-state index in [2.05, 4.69) is 17.6 Å². The van der Waals surface area contributed by atoms with Gasteiger partial charge in [0.2, 0.25) is 5.91 Å². The summed E-state index contributed by atoms with van der Waals surface area (Å²) < 4.78 is 0. The second-order valence-electron chi connectivity index (χ2n) is 4.64. The topological polar surface area (TPSA) is 41.1 Å². The van der Waals surface area contributed by atoms with Crippen molar-refractivity contribution in [3.8, 4) is 0 Å². The lowest BCUT2D eigenvalue weighted by Crippen LogP contribution is -2.36. The lowest BCUT2D eigenvalue weighted by molar-refractivity contribution is -0.120. The second kappa shape index (κ2) is 4.30. The largest absolute Gasteiger partial charge is 0.355 e. The first-order chi connectivity index (χ1) is 6.79. The molecular weight excluding hydrogens is 176 g/mol. The lowest BCUT2D eigenvalue weighted by Gasteiger charge is -2.05. The Balaban J connectivity index is 1.49. The highest BCUT2D eigenvalue weighted by Gasteiger charge is 2.34. The Labute approximate surface area is 85.6 Å². The molecule has 1 amide bonds.